The van der Waals surface area contributed by atoms with Gasteiger partial charge in [-0.2, -0.15) is 0 Å². The number of methoxy groups -OCH3 is 3. The Bertz CT molecular complexity index is 1650. The van der Waals surface area contributed by atoms with E-state index in [1.165, 1.54) is 39.2 Å². The molecule has 0 atom stereocenters. The molecule has 0 saturated heterocycles. The Morgan fingerprint density at radius 2 is 1.40 bits per heavy atom. The molecule has 9 nitrogen and oxygen atoms in total. The van der Waals surface area contributed by atoms with Crippen LogP contribution in [0.3, 0.4) is 0 Å². The van der Waals surface area contributed by atoms with Gasteiger partial charge in [0, 0.05) is 33.3 Å². The van der Waals surface area contributed by atoms with Gasteiger partial charge in [-0.25, -0.2) is 0 Å². The van der Waals surface area contributed by atoms with Gasteiger partial charge in [-0.1, -0.05) is 18.2 Å². The Hall–Kier alpha value is -5.22. The van der Waals surface area contributed by atoms with Crippen molar-refractivity contribution in [3.8, 4) is 23.0 Å². The van der Waals surface area contributed by atoms with Crippen molar-refractivity contribution >= 4 is 41.1 Å². The Morgan fingerprint density at radius 3 is 2.02 bits per heavy atom. The van der Waals surface area contributed by atoms with Gasteiger partial charge < -0.3 is 29.6 Å². The summed E-state index contributed by atoms with van der Waals surface area (Å²) in [5.74, 6) is 1.24. The second kappa shape index (κ2) is 16.0. The summed E-state index contributed by atoms with van der Waals surface area (Å²) in [4.78, 5) is 40.1. The van der Waals surface area contributed by atoms with Gasteiger partial charge in [-0.05, 0) is 79.7 Å². The lowest BCUT2D eigenvalue weighted by Gasteiger charge is -2.15. The van der Waals surface area contributed by atoms with Gasteiger partial charge in [0.05, 0.1) is 33.7 Å². The highest BCUT2D eigenvalue weighted by Crippen LogP contribution is 2.35. The van der Waals surface area contributed by atoms with Crippen molar-refractivity contribution in [2.45, 2.75) is 11.8 Å². The van der Waals surface area contributed by atoms with E-state index in [0.717, 1.165) is 10.6 Å². The van der Waals surface area contributed by atoms with Crippen molar-refractivity contribution in [3.63, 3.8) is 0 Å². The van der Waals surface area contributed by atoms with Crippen LogP contribution in [0.5, 0.6) is 23.0 Å². The van der Waals surface area contributed by atoms with E-state index in [1.54, 1.807) is 78.9 Å². The molecule has 0 heterocycles. The summed E-state index contributed by atoms with van der Waals surface area (Å²) >= 11 is 1.39. The maximum absolute atomic E-state index is 13.5. The van der Waals surface area contributed by atoms with E-state index in [4.69, 9.17) is 18.9 Å². The van der Waals surface area contributed by atoms with Crippen molar-refractivity contribution < 1.29 is 33.3 Å². The molecule has 0 unspecified atom stereocenters. The van der Waals surface area contributed by atoms with E-state index in [9.17, 15) is 14.4 Å². The highest BCUT2D eigenvalue weighted by Gasteiger charge is 2.18. The van der Waals surface area contributed by atoms with Gasteiger partial charge >= 0.3 is 0 Å². The second-order valence-electron chi connectivity index (χ2n) is 9.48. The number of hydrogen-bond donors (Lipinski definition) is 2. The third kappa shape index (κ3) is 8.90. The van der Waals surface area contributed by atoms with E-state index in [1.807, 2.05) is 19.1 Å². The van der Waals surface area contributed by atoms with Gasteiger partial charge in [0.25, 0.3) is 11.8 Å². The molecule has 45 heavy (non-hydrogen) atoms. The standard InChI is InChI=1S/C35H34N2O7S/c1-5-44-27-15-11-23(12-16-27)30(38)22-45-28-17-13-26(14-18-28)36-35(40)29(37-34(39)24-9-7-6-8-10-24)19-25-20-32(42-3)33(43-4)21-31(25)41-2/h6-21H,5,22H2,1-4H3,(H,36,40)(H,37,39)/b29-19-. The van der Waals surface area contributed by atoms with Crippen molar-refractivity contribution in [1.82, 2.24) is 5.32 Å². The molecule has 0 fully saturated rings. The minimum Gasteiger partial charge on any atom is -0.496 e. The Kier molecular flexibility index (Phi) is 11.6. The summed E-state index contributed by atoms with van der Waals surface area (Å²) in [5.41, 5.74) is 1.96. The van der Waals surface area contributed by atoms with Gasteiger partial charge in [0.2, 0.25) is 0 Å². The van der Waals surface area contributed by atoms with Crippen LogP contribution >= 0.6 is 11.8 Å². The van der Waals surface area contributed by atoms with E-state index in [0.29, 0.717) is 46.2 Å². The fourth-order valence-electron chi connectivity index (χ4n) is 4.23. The number of carbonyl (C=O) groups excluding carboxylic acids is 3. The van der Waals surface area contributed by atoms with Crippen LogP contribution < -0.4 is 29.6 Å². The van der Waals surface area contributed by atoms with Crippen LogP contribution in [0.15, 0.2) is 102 Å². The number of hydrogen-bond acceptors (Lipinski definition) is 8. The third-order valence-corrected chi connectivity index (χ3v) is 7.55. The summed E-state index contributed by atoms with van der Waals surface area (Å²) in [5, 5.41) is 5.56. The Morgan fingerprint density at radius 1 is 0.756 bits per heavy atom. The number of rotatable bonds is 14. The lowest BCUT2D eigenvalue weighted by atomic mass is 10.1. The van der Waals surface area contributed by atoms with E-state index >= 15 is 0 Å². The maximum Gasteiger partial charge on any atom is 0.272 e. The number of anilines is 1. The van der Waals surface area contributed by atoms with Gasteiger partial charge in [0.1, 0.15) is 17.2 Å². The van der Waals surface area contributed by atoms with Crippen LogP contribution in [0, 0.1) is 0 Å². The molecular formula is C35H34N2O7S. The molecule has 4 rings (SSSR count). The fraction of sp³-hybridized carbons (Fsp3) is 0.171. The highest BCUT2D eigenvalue weighted by atomic mass is 32.2. The van der Waals surface area contributed by atoms with Gasteiger partial charge in [-0.15, -0.1) is 11.8 Å². The zero-order valence-corrected chi connectivity index (χ0v) is 26.2. The highest BCUT2D eigenvalue weighted by molar-refractivity contribution is 8.00. The third-order valence-electron chi connectivity index (χ3n) is 6.53. The number of nitrogens with one attached hydrogen (secondary N) is 2. The van der Waals surface area contributed by atoms with E-state index in [-0.39, 0.29) is 17.2 Å². The second-order valence-corrected chi connectivity index (χ2v) is 10.5. The average Bonchev–Trinajstić information content (AvgIpc) is 3.08. The molecule has 0 aliphatic heterocycles. The van der Waals surface area contributed by atoms with Crippen LogP contribution in [0.25, 0.3) is 6.08 Å². The molecule has 0 aliphatic carbocycles. The first-order valence-corrected chi connectivity index (χ1v) is 15.0. The van der Waals surface area contributed by atoms with Crippen molar-refractivity contribution in [2.24, 2.45) is 0 Å². The fourth-order valence-corrected chi connectivity index (χ4v) is 5.03. The number of carbonyl (C=O) groups is 3. The van der Waals surface area contributed by atoms with Crippen LogP contribution in [0.2, 0.25) is 0 Å². The Labute approximate surface area is 266 Å². The summed E-state index contributed by atoms with van der Waals surface area (Å²) < 4.78 is 21.7. The zero-order chi connectivity index (χ0) is 32.2. The van der Waals surface area contributed by atoms with Crippen molar-refractivity contribution in [1.29, 1.82) is 0 Å². The Balaban J connectivity index is 1.50. The molecular weight excluding hydrogens is 592 g/mol. The van der Waals surface area contributed by atoms with E-state index < -0.39 is 11.8 Å². The molecule has 0 radical (unpaired) electrons. The molecule has 0 aliphatic rings. The minimum atomic E-state index is -0.554. The number of amides is 2. The summed E-state index contributed by atoms with van der Waals surface area (Å²) in [6, 6.07) is 26.0. The topological polar surface area (TPSA) is 112 Å². The normalized spacial score (nSPS) is 10.9. The van der Waals surface area contributed by atoms with Crippen molar-refractivity contribution in [3.05, 3.63) is 113 Å². The molecule has 0 aromatic heterocycles. The quantitative estimate of drug-likeness (QED) is 0.0928. The molecule has 0 bridgehead atoms. The maximum atomic E-state index is 13.5. The summed E-state index contributed by atoms with van der Waals surface area (Å²) in [6.07, 6.45) is 1.51. The zero-order valence-electron chi connectivity index (χ0n) is 25.4. The number of ketones is 1. The lowest BCUT2D eigenvalue weighted by Crippen LogP contribution is -2.30. The summed E-state index contributed by atoms with van der Waals surface area (Å²) in [7, 11) is 4.50. The molecule has 0 spiro atoms. The molecule has 2 N–H and O–H groups in total. The molecule has 4 aromatic rings. The van der Waals surface area contributed by atoms with Crippen LogP contribution in [-0.2, 0) is 4.79 Å². The average molecular weight is 627 g/mol. The van der Waals surface area contributed by atoms with Crippen LogP contribution in [0.4, 0.5) is 5.69 Å². The van der Waals surface area contributed by atoms with E-state index in [2.05, 4.69) is 10.6 Å². The smallest absolute Gasteiger partial charge is 0.272 e. The number of ether oxygens (including phenoxy) is 4. The largest absolute Gasteiger partial charge is 0.496 e. The predicted molar refractivity (Wildman–Crippen MR) is 176 cm³/mol. The SMILES string of the molecule is CCOc1ccc(C(=O)CSc2ccc(NC(=O)/C(=C/c3cc(OC)c(OC)cc3OC)NC(=O)c3ccccc3)cc2)cc1. The molecule has 2 amide bonds. The minimum absolute atomic E-state index is 0.00467. The van der Waals surface area contributed by atoms with Crippen molar-refractivity contribution in [2.75, 3.05) is 39.0 Å². The molecule has 4 aromatic carbocycles. The van der Waals surface area contributed by atoms with Gasteiger partial charge in [0.15, 0.2) is 17.3 Å². The first-order valence-electron chi connectivity index (χ1n) is 14.0. The number of thioether (sulfide) groups is 1. The first kappa shape index (κ1) is 32.7. The molecule has 0 saturated carbocycles. The predicted octanol–water partition coefficient (Wildman–Crippen LogP) is 6.50. The summed E-state index contributed by atoms with van der Waals surface area (Å²) in [6.45, 7) is 2.47. The van der Waals surface area contributed by atoms with Crippen LogP contribution in [0.1, 0.15) is 33.2 Å². The number of benzene rings is 4. The van der Waals surface area contributed by atoms with Gasteiger partial charge in [-0.3, -0.25) is 14.4 Å². The monoisotopic (exact) mass is 626 g/mol. The number of Topliss-reactive ketones (excluding diaryl/α,β-unsaturated/α-hetero) is 1. The first-order chi connectivity index (χ1) is 21.8. The molecule has 10 heteroatoms. The molecule has 232 valence electrons. The lowest BCUT2D eigenvalue weighted by molar-refractivity contribution is -0.113. The van der Waals surface area contributed by atoms with Crippen LogP contribution in [-0.4, -0.2) is 51.3 Å².